The summed E-state index contributed by atoms with van der Waals surface area (Å²) in [6.45, 7) is 2.07. The Morgan fingerprint density at radius 2 is 2.00 bits per heavy atom. The van der Waals surface area contributed by atoms with Crippen LogP contribution in [-0.4, -0.2) is 10.9 Å². The molecule has 0 radical (unpaired) electrons. The minimum atomic E-state index is -0.421. The molecule has 3 N–H and O–H groups in total. The molecule has 0 spiro atoms. The van der Waals surface area contributed by atoms with Crippen molar-refractivity contribution in [2.45, 2.75) is 13.5 Å². The number of nitrogens with two attached hydrogens (primary N) is 1. The van der Waals surface area contributed by atoms with Gasteiger partial charge in [-0.2, -0.15) is 0 Å². The van der Waals surface area contributed by atoms with E-state index in [0.29, 0.717) is 22.7 Å². The van der Waals surface area contributed by atoms with Gasteiger partial charge in [0.2, 0.25) is 0 Å². The van der Waals surface area contributed by atoms with Crippen molar-refractivity contribution < 1.29 is 9.18 Å². The van der Waals surface area contributed by atoms with Crippen molar-refractivity contribution in [3.05, 3.63) is 70.5 Å². The molecule has 2 aromatic rings. The van der Waals surface area contributed by atoms with E-state index in [4.69, 9.17) is 18.0 Å². The highest BCUT2D eigenvalue weighted by Gasteiger charge is 2.08. The molecule has 2 aromatic carbocycles. The highest BCUT2D eigenvalue weighted by Crippen LogP contribution is 2.09. The van der Waals surface area contributed by atoms with Crippen LogP contribution in [0.4, 0.5) is 4.39 Å². The first-order chi connectivity index (χ1) is 9.95. The van der Waals surface area contributed by atoms with Crippen LogP contribution in [0.3, 0.4) is 0 Å². The van der Waals surface area contributed by atoms with Crippen LogP contribution in [0.15, 0.2) is 42.5 Å². The Hall–Kier alpha value is -2.27. The number of benzene rings is 2. The summed E-state index contributed by atoms with van der Waals surface area (Å²) in [6, 6.07) is 11.5. The lowest BCUT2D eigenvalue weighted by Crippen LogP contribution is -2.23. The predicted octanol–water partition coefficient (Wildman–Crippen LogP) is 2.70. The first-order valence-electron chi connectivity index (χ1n) is 6.40. The van der Waals surface area contributed by atoms with Gasteiger partial charge in [0.05, 0.1) is 0 Å². The summed E-state index contributed by atoms with van der Waals surface area (Å²) in [6.07, 6.45) is 0. The number of halogens is 1. The van der Waals surface area contributed by atoms with Crippen LogP contribution in [0.1, 0.15) is 27.0 Å². The normalized spacial score (nSPS) is 10.2. The van der Waals surface area contributed by atoms with E-state index in [1.807, 2.05) is 24.3 Å². The predicted molar refractivity (Wildman–Crippen MR) is 84.6 cm³/mol. The second-order valence-electron chi connectivity index (χ2n) is 4.76. The lowest BCUT2D eigenvalue weighted by atomic mass is 10.1. The van der Waals surface area contributed by atoms with Crippen LogP contribution in [0.25, 0.3) is 0 Å². The van der Waals surface area contributed by atoms with Crippen LogP contribution in [-0.2, 0) is 6.54 Å². The fourth-order valence-corrected chi connectivity index (χ4v) is 2.11. The Labute approximate surface area is 128 Å². The third kappa shape index (κ3) is 4.10. The molecular weight excluding hydrogens is 287 g/mol. The van der Waals surface area contributed by atoms with Crippen molar-refractivity contribution in [2.24, 2.45) is 5.73 Å². The minimum Gasteiger partial charge on any atom is -0.389 e. The van der Waals surface area contributed by atoms with E-state index in [9.17, 15) is 9.18 Å². The van der Waals surface area contributed by atoms with Gasteiger partial charge in [-0.1, -0.05) is 30.4 Å². The molecule has 0 fully saturated rings. The van der Waals surface area contributed by atoms with Gasteiger partial charge in [-0.25, -0.2) is 4.39 Å². The topological polar surface area (TPSA) is 55.1 Å². The number of carbonyl (C=O) groups is 1. The van der Waals surface area contributed by atoms with Gasteiger partial charge in [-0.3, -0.25) is 4.79 Å². The Bertz CT molecular complexity index is 680. The number of amides is 1. The van der Waals surface area contributed by atoms with Gasteiger partial charge in [-0.15, -0.1) is 0 Å². The molecule has 1 amide bonds. The number of hydrogen-bond acceptors (Lipinski definition) is 2. The molecule has 0 heterocycles. The number of carbonyl (C=O) groups excluding carboxylic acids is 1. The molecule has 0 atom stereocenters. The maximum Gasteiger partial charge on any atom is 0.251 e. The first-order valence-corrected chi connectivity index (χ1v) is 6.80. The Morgan fingerprint density at radius 3 is 2.67 bits per heavy atom. The van der Waals surface area contributed by atoms with E-state index in [2.05, 4.69) is 5.32 Å². The van der Waals surface area contributed by atoms with Gasteiger partial charge in [0.1, 0.15) is 10.8 Å². The second kappa shape index (κ2) is 6.45. The summed E-state index contributed by atoms with van der Waals surface area (Å²) in [5.41, 5.74) is 8.20. The average molecular weight is 302 g/mol. The van der Waals surface area contributed by atoms with Gasteiger partial charge in [0, 0.05) is 17.7 Å². The van der Waals surface area contributed by atoms with Crippen LogP contribution in [0.2, 0.25) is 0 Å². The largest absolute Gasteiger partial charge is 0.389 e. The molecule has 3 nitrogen and oxygen atoms in total. The number of aryl methyl sites for hydroxylation is 1. The van der Waals surface area contributed by atoms with Crippen LogP contribution >= 0.6 is 12.2 Å². The molecular formula is C16H15FN2OS. The second-order valence-corrected chi connectivity index (χ2v) is 5.20. The van der Waals surface area contributed by atoms with Crippen LogP contribution in [0.5, 0.6) is 0 Å². The third-order valence-electron chi connectivity index (χ3n) is 2.97. The monoisotopic (exact) mass is 302 g/mol. The summed E-state index contributed by atoms with van der Waals surface area (Å²) >= 11 is 4.91. The molecule has 0 saturated heterocycles. The first kappa shape index (κ1) is 15.1. The van der Waals surface area contributed by atoms with E-state index in [-0.39, 0.29) is 5.91 Å². The van der Waals surface area contributed by atoms with E-state index < -0.39 is 5.82 Å². The quantitative estimate of drug-likeness (QED) is 0.854. The van der Waals surface area contributed by atoms with Crippen molar-refractivity contribution in [1.29, 1.82) is 0 Å². The summed E-state index contributed by atoms with van der Waals surface area (Å²) in [7, 11) is 0. The molecule has 0 unspecified atom stereocenters. The molecule has 0 aliphatic carbocycles. The molecule has 0 aromatic heterocycles. The zero-order valence-corrected chi connectivity index (χ0v) is 12.3. The zero-order valence-electron chi connectivity index (χ0n) is 11.5. The van der Waals surface area contributed by atoms with E-state index >= 15 is 0 Å². The molecule has 0 aliphatic rings. The molecule has 21 heavy (non-hydrogen) atoms. The molecule has 0 bridgehead atoms. The van der Waals surface area contributed by atoms with Gasteiger partial charge in [0.15, 0.2) is 0 Å². The summed E-state index contributed by atoms with van der Waals surface area (Å²) in [4.78, 5) is 12.3. The maximum absolute atomic E-state index is 13.3. The fraction of sp³-hybridized carbons (Fsp3) is 0.125. The average Bonchev–Trinajstić information content (AvgIpc) is 2.44. The maximum atomic E-state index is 13.3. The Kier molecular flexibility index (Phi) is 4.65. The van der Waals surface area contributed by atoms with Crippen LogP contribution < -0.4 is 11.1 Å². The smallest absolute Gasteiger partial charge is 0.251 e. The Balaban J connectivity index is 2.07. The Morgan fingerprint density at radius 1 is 1.24 bits per heavy atom. The highest BCUT2D eigenvalue weighted by atomic mass is 32.1. The van der Waals surface area contributed by atoms with E-state index in [1.165, 1.54) is 12.1 Å². The lowest BCUT2D eigenvalue weighted by molar-refractivity contribution is 0.0950. The minimum absolute atomic E-state index is 0.304. The van der Waals surface area contributed by atoms with Crippen molar-refractivity contribution in [1.82, 2.24) is 5.32 Å². The van der Waals surface area contributed by atoms with Gasteiger partial charge in [0.25, 0.3) is 5.91 Å². The number of thiocarbonyl (C=S) groups is 1. The number of nitrogens with one attached hydrogen (secondary N) is 1. The van der Waals surface area contributed by atoms with Gasteiger partial charge >= 0.3 is 0 Å². The third-order valence-corrected chi connectivity index (χ3v) is 3.20. The zero-order chi connectivity index (χ0) is 15.4. The summed E-state index contributed by atoms with van der Waals surface area (Å²) in [5, 5.41) is 2.75. The van der Waals surface area contributed by atoms with Crippen molar-refractivity contribution >= 4 is 23.1 Å². The molecule has 0 aliphatic heterocycles. The highest BCUT2D eigenvalue weighted by molar-refractivity contribution is 7.80. The summed E-state index contributed by atoms with van der Waals surface area (Å²) in [5.74, 6) is -0.742. The van der Waals surface area contributed by atoms with E-state index in [0.717, 1.165) is 11.1 Å². The number of rotatable bonds is 4. The molecule has 0 saturated carbocycles. The summed E-state index contributed by atoms with van der Waals surface area (Å²) < 4.78 is 13.3. The lowest BCUT2D eigenvalue weighted by Gasteiger charge is -2.08. The van der Waals surface area contributed by atoms with Gasteiger partial charge in [-0.05, 0) is 42.3 Å². The van der Waals surface area contributed by atoms with Gasteiger partial charge < -0.3 is 11.1 Å². The SMILES string of the molecule is Cc1cc(F)cc(C(=O)NCc2cccc(C(N)=S)c2)c1. The van der Waals surface area contributed by atoms with Crippen molar-refractivity contribution in [3.8, 4) is 0 Å². The standard InChI is InChI=1S/C16H15FN2OS/c1-10-5-13(8-14(17)6-10)16(20)19-9-11-3-2-4-12(7-11)15(18)21/h2-8H,9H2,1H3,(H2,18,21)(H,19,20). The van der Waals surface area contributed by atoms with E-state index in [1.54, 1.807) is 13.0 Å². The molecule has 108 valence electrons. The van der Waals surface area contributed by atoms with Crippen LogP contribution in [0, 0.1) is 12.7 Å². The molecule has 5 heteroatoms. The van der Waals surface area contributed by atoms with Crippen molar-refractivity contribution in [2.75, 3.05) is 0 Å². The van der Waals surface area contributed by atoms with Crippen molar-refractivity contribution in [3.63, 3.8) is 0 Å². The number of hydrogen-bond donors (Lipinski definition) is 2. The molecule has 2 rings (SSSR count). The fourth-order valence-electron chi connectivity index (χ4n) is 1.99.